The Bertz CT molecular complexity index is 614. The van der Waals surface area contributed by atoms with Gasteiger partial charge in [-0.2, -0.15) is 4.98 Å². The number of guanidine groups is 1. The van der Waals surface area contributed by atoms with Gasteiger partial charge in [0.2, 0.25) is 0 Å². The van der Waals surface area contributed by atoms with E-state index in [2.05, 4.69) is 44.6 Å². The lowest BCUT2D eigenvalue weighted by atomic mass is 10.1. The molecule has 0 amide bonds. The molecule has 0 aliphatic carbocycles. The van der Waals surface area contributed by atoms with Crippen LogP contribution in [0.5, 0.6) is 0 Å². The van der Waals surface area contributed by atoms with Crippen LogP contribution in [0.15, 0.2) is 33.9 Å². The van der Waals surface area contributed by atoms with Crippen molar-refractivity contribution in [1.82, 2.24) is 25.8 Å². The highest BCUT2D eigenvalue weighted by Gasteiger charge is 2.09. The number of pyridine rings is 1. The normalized spacial score (nSPS) is 11.2. The zero-order valence-corrected chi connectivity index (χ0v) is 16.7. The minimum absolute atomic E-state index is 0. The van der Waals surface area contributed by atoms with E-state index in [1.54, 1.807) is 13.2 Å². The molecule has 2 rings (SSSR count). The summed E-state index contributed by atoms with van der Waals surface area (Å²) in [4.78, 5) is 12.7. The summed E-state index contributed by atoms with van der Waals surface area (Å²) in [6.45, 7) is 5.99. The zero-order chi connectivity index (χ0) is 16.5. The summed E-state index contributed by atoms with van der Waals surface area (Å²) in [5.41, 5.74) is 0.686. The van der Waals surface area contributed by atoms with Crippen LogP contribution in [0.3, 0.4) is 0 Å². The molecule has 7 nitrogen and oxygen atoms in total. The predicted octanol–water partition coefficient (Wildman–Crippen LogP) is 2.50. The number of hydrogen-bond donors (Lipinski definition) is 2. The summed E-state index contributed by atoms with van der Waals surface area (Å²) in [6.07, 6.45) is 3.47. The second kappa shape index (κ2) is 11.0. The van der Waals surface area contributed by atoms with E-state index in [-0.39, 0.29) is 24.0 Å². The van der Waals surface area contributed by atoms with Gasteiger partial charge in [0.15, 0.2) is 11.8 Å². The van der Waals surface area contributed by atoms with E-state index in [9.17, 15) is 0 Å². The molecule has 2 N–H and O–H groups in total. The van der Waals surface area contributed by atoms with Crippen LogP contribution in [0, 0.1) is 5.92 Å². The molecule has 2 heterocycles. The molecule has 0 radical (unpaired) electrons. The van der Waals surface area contributed by atoms with Crippen LogP contribution < -0.4 is 10.6 Å². The number of aromatic nitrogens is 3. The highest BCUT2D eigenvalue weighted by molar-refractivity contribution is 14.0. The SMILES string of the molecule is CN=C(NCCc1noc(-c2ccccn2)n1)NCCC(C)C.I. The minimum atomic E-state index is 0. The Hall–Kier alpha value is -1.71. The van der Waals surface area contributed by atoms with Crippen molar-refractivity contribution in [2.45, 2.75) is 26.7 Å². The lowest BCUT2D eigenvalue weighted by molar-refractivity contribution is 0.421. The van der Waals surface area contributed by atoms with Gasteiger partial charge in [-0.25, -0.2) is 0 Å². The summed E-state index contributed by atoms with van der Waals surface area (Å²) in [5, 5.41) is 10.5. The Morgan fingerprint density at radius 1 is 1.25 bits per heavy atom. The van der Waals surface area contributed by atoms with Gasteiger partial charge in [0.1, 0.15) is 5.69 Å². The summed E-state index contributed by atoms with van der Waals surface area (Å²) >= 11 is 0. The molecule has 0 aliphatic rings. The Labute approximate surface area is 159 Å². The molecule has 0 aliphatic heterocycles. The third-order valence-electron chi connectivity index (χ3n) is 3.23. The van der Waals surface area contributed by atoms with Gasteiger partial charge in [0, 0.05) is 32.8 Å². The van der Waals surface area contributed by atoms with E-state index in [4.69, 9.17) is 4.52 Å². The van der Waals surface area contributed by atoms with E-state index >= 15 is 0 Å². The number of halogens is 1. The molecule has 0 spiro atoms. The number of nitrogens with one attached hydrogen (secondary N) is 2. The van der Waals surface area contributed by atoms with Gasteiger partial charge in [-0.15, -0.1) is 24.0 Å². The number of hydrogen-bond acceptors (Lipinski definition) is 5. The first-order valence-electron chi connectivity index (χ1n) is 7.87. The number of aliphatic imine (C=N–C) groups is 1. The third-order valence-corrected chi connectivity index (χ3v) is 3.23. The monoisotopic (exact) mass is 444 g/mol. The first-order valence-corrected chi connectivity index (χ1v) is 7.87. The summed E-state index contributed by atoms with van der Waals surface area (Å²) in [5.74, 6) is 2.56. The fourth-order valence-electron chi connectivity index (χ4n) is 1.94. The van der Waals surface area contributed by atoms with Gasteiger partial charge < -0.3 is 15.2 Å². The second-order valence-corrected chi connectivity index (χ2v) is 5.59. The van der Waals surface area contributed by atoms with Gasteiger partial charge in [-0.1, -0.05) is 25.1 Å². The predicted molar refractivity (Wildman–Crippen MR) is 105 cm³/mol. The minimum Gasteiger partial charge on any atom is -0.356 e. The van der Waals surface area contributed by atoms with Crippen molar-refractivity contribution >= 4 is 29.9 Å². The molecule has 0 unspecified atom stereocenters. The molecule has 0 saturated heterocycles. The van der Waals surface area contributed by atoms with E-state index in [0.29, 0.717) is 36.3 Å². The van der Waals surface area contributed by atoms with Crippen LogP contribution in [0.4, 0.5) is 0 Å². The van der Waals surface area contributed by atoms with E-state index in [1.807, 2.05) is 18.2 Å². The molecule has 0 aromatic carbocycles. The molecule has 8 heteroatoms. The van der Waals surface area contributed by atoms with Crippen LogP contribution >= 0.6 is 24.0 Å². The van der Waals surface area contributed by atoms with Gasteiger partial charge in [0.25, 0.3) is 5.89 Å². The van der Waals surface area contributed by atoms with Gasteiger partial charge in [0.05, 0.1) is 0 Å². The average molecular weight is 444 g/mol. The largest absolute Gasteiger partial charge is 0.356 e. The quantitative estimate of drug-likeness (QED) is 0.388. The molecule has 0 bridgehead atoms. The Morgan fingerprint density at radius 2 is 2.04 bits per heavy atom. The molecular weight excluding hydrogens is 419 g/mol. The molecule has 0 fully saturated rings. The van der Waals surface area contributed by atoms with E-state index in [0.717, 1.165) is 18.9 Å². The standard InChI is InChI=1S/C16H24N6O.HI/c1-12(2)7-10-19-16(17-3)20-11-8-14-21-15(23-22-14)13-6-4-5-9-18-13;/h4-6,9,12H,7-8,10-11H2,1-3H3,(H2,17,19,20);1H. The van der Waals surface area contributed by atoms with Gasteiger partial charge in [-0.3, -0.25) is 9.98 Å². The highest BCUT2D eigenvalue weighted by atomic mass is 127. The van der Waals surface area contributed by atoms with Crippen molar-refractivity contribution < 1.29 is 4.52 Å². The Morgan fingerprint density at radius 3 is 2.71 bits per heavy atom. The lowest BCUT2D eigenvalue weighted by Crippen LogP contribution is -2.39. The van der Waals surface area contributed by atoms with Crippen LogP contribution in [0.2, 0.25) is 0 Å². The fourth-order valence-corrected chi connectivity index (χ4v) is 1.94. The highest BCUT2D eigenvalue weighted by Crippen LogP contribution is 2.12. The summed E-state index contributed by atoms with van der Waals surface area (Å²) in [6, 6.07) is 5.58. The van der Waals surface area contributed by atoms with Crippen LogP contribution in [0.1, 0.15) is 26.1 Å². The van der Waals surface area contributed by atoms with Crippen molar-refractivity contribution in [3.05, 3.63) is 30.2 Å². The topological polar surface area (TPSA) is 88.2 Å². The maximum absolute atomic E-state index is 5.23. The Kier molecular flexibility index (Phi) is 9.28. The first kappa shape index (κ1) is 20.3. The second-order valence-electron chi connectivity index (χ2n) is 5.59. The van der Waals surface area contributed by atoms with Crippen LogP contribution in [-0.4, -0.2) is 41.2 Å². The van der Waals surface area contributed by atoms with Gasteiger partial charge >= 0.3 is 0 Å². The molecule has 0 atom stereocenters. The van der Waals surface area contributed by atoms with Crippen molar-refractivity contribution in [1.29, 1.82) is 0 Å². The number of nitrogens with zero attached hydrogens (tertiary/aromatic N) is 4. The molecule has 2 aromatic rings. The first-order chi connectivity index (χ1) is 11.2. The average Bonchev–Trinajstić information content (AvgIpc) is 3.03. The van der Waals surface area contributed by atoms with Gasteiger partial charge in [-0.05, 0) is 24.5 Å². The molecule has 0 saturated carbocycles. The lowest BCUT2D eigenvalue weighted by Gasteiger charge is -2.12. The van der Waals surface area contributed by atoms with Crippen molar-refractivity contribution in [3.8, 4) is 11.6 Å². The molecular formula is C16H25IN6O. The molecule has 132 valence electrons. The molecule has 24 heavy (non-hydrogen) atoms. The number of rotatable bonds is 7. The summed E-state index contributed by atoms with van der Waals surface area (Å²) in [7, 11) is 1.76. The molecule has 2 aromatic heterocycles. The Balaban J connectivity index is 0.00000288. The van der Waals surface area contributed by atoms with Crippen molar-refractivity contribution in [2.24, 2.45) is 10.9 Å². The van der Waals surface area contributed by atoms with Crippen molar-refractivity contribution in [2.75, 3.05) is 20.1 Å². The maximum atomic E-state index is 5.23. The van der Waals surface area contributed by atoms with E-state index in [1.165, 1.54) is 0 Å². The smallest absolute Gasteiger partial charge is 0.276 e. The van der Waals surface area contributed by atoms with Crippen LogP contribution in [-0.2, 0) is 6.42 Å². The van der Waals surface area contributed by atoms with E-state index < -0.39 is 0 Å². The zero-order valence-electron chi connectivity index (χ0n) is 14.3. The maximum Gasteiger partial charge on any atom is 0.276 e. The van der Waals surface area contributed by atoms with Crippen LogP contribution in [0.25, 0.3) is 11.6 Å². The third kappa shape index (κ3) is 6.81. The summed E-state index contributed by atoms with van der Waals surface area (Å²) < 4.78 is 5.23. The van der Waals surface area contributed by atoms with Crippen molar-refractivity contribution in [3.63, 3.8) is 0 Å². The fraction of sp³-hybridized carbons (Fsp3) is 0.500.